The summed E-state index contributed by atoms with van der Waals surface area (Å²) in [6.45, 7) is 4.68. The third-order valence-electron chi connectivity index (χ3n) is 2.60. The molecule has 20 heavy (non-hydrogen) atoms. The predicted octanol–water partition coefficient (Wildman–Crippen LogP) is 2.01. The fourth-order valence-corrected chi connectivity index (χ4v) is 1.56. The molecule has 1 aromatic carbocycles. The van der Waals surface area contributed by atoms with E-state index in [9.17, 15) is 5.11 Å². The summed E-state index contributed by atoms with van der Waals surface area (Å²) in [5.41, 5.74) is 0.741. The van der Waals surface area contributed by atoms with E-state index in [-0.39, 0.29) is 6.61 Å². The molecule has 0 unspecified atom stereocenters. The number of methoxy groups -OCH3 is 1. The summed E-state index contributed by atoms with van der Waals surface area (Å²) < 4.78 is 21.4. The average Bonchev–Trinajstić information content (AvgIpc) is 2.48. The first kappa shape index (κ1) is 16.8. The predicted molar refractivity (Wildman–Crippen MR) is 76.3 cm³/mol. The van der Waals surface area contributed by atoms with Crippen LogP contribution in [0.15, 0.2) is 18.2 Å². The number of hydrogen-bond acceptors (Lipinski definition) is 5. The summed E-state index contributed by atoms with van der Waals surface area (Å²) in [6.07, 6.45) is 0.950. The SMILES string of the molecule is CCCOc1ccc(CO)c(OCCOCCOC)c1. The van der Waals surface area contributed by atoms with E-state index >= 15 is 0 Å². The Morgan fingerprint density at radius 3 is 2.50 bits per heavy atom. The van der Waals surface area contributed by atoms with Crippen molar-refractivity contribution in [3.63, 3.8) is 0 Å². The van der Waals surface area contributed by atoms with Crippen molar-refractivity contribution >= 4 is 0 Å². The molecule has 0 amide bonds. The molecule has 0 atom stereocenters. The molecule has 0 spiro atoms. The largest absolute Gasteiger partial charge is 0.493 e. The zero-order valence-electron chi connectivity index (χ0n) is 12.3. The molecule has 0 aliphatic carbocycles. The third-order valence-corrected chi connectivity index (χ3v) is 2.60. The van der Waals surface area contributed by atoms with Gasteiger partial charge in [-0.05, 0) is 18.6 Å². The van der Waals surface area contributed by atoms with Crippen molar-refractivity contribution in [2.75, 3.05) is 40.1 Å². The number of rotatable bonds is 11. The maximum Gasteiger partial charge on any atom is 0.128 e. The summed E-state index contributed by atoms with van der Waals surface area (Å²) in [5.74, 6) is 1.38. The molecule has 5 heteroatoms. The van der Waals surface area contributed by atoms with Crippen LogP contribution in [0.1, 0.15) is 18.9 Å². The smallest absolute Gasteiger partial charge is 0.128 e. The zero-order valence-corrected chi connectivity index (χ0v) is 12.3. The van der Waals surface area contributed by atoms with Crippen LogP contribution in [0.3, 0.4) is 0 Å². The summed E-state index contributed by atoms with van der Waals surface area (Å²) in [6, 6.07) is 5.45. The minimum atomic E-state index is -0.0616. The van der Waals surface area contributed by atoms with Gasteiger partial charge in [0.2, 0.25) is 0 Å². The molecular formula is C15H24O5. The minimum Gasteiger partial charge on any atom is -0.493 e. The normalized spacial score (nSPS) is 10.6. The van der Waals surface area contributed by atoms with E-state index in [0.29, 0.717) is 38.8 Å². The molecule has 1 N–H and O–H groups in total. The van der Waals surface area contributed by atoms with Gasteiger partial charge in [-0.15, -0.1) is 0 Å². The number of ether oxygens (including phenoxy) is 4. The summed E-state index contributed by atoms with van der Waals surface area (Å²) in [7, 11) is 1.63. The highest BCUT2D eigenvalue weighted by Crippen LogP contribution is 2.25. The van der Waals surface area contributed by atoms with Crippen molar-refractivity contribution in [1.29, 1.82) is 0 Å². The lowest BCUT2D eigenvalue weighted by atomic mass is 10.2. The van der Waals surface area contributed by atoms with Crippen molar-refractivity contribution in [2.24, 2.45) is 0 Å². The fraction of sp³-hybridized carbons (Fsp3) is 0.600. The Morgan fingerprint density at radius 1 is 1.00 bits per heavy atom. The van der Waals surface area contributed by atoms with E-state index in [1.807, 2.05) is 12.1 Å². The molecule has 0 heterocycles. The molecule has 0 aliphatic rings. The van der Waals surface area contributed by atoms with Crippen LogP contribution in [0.4, 0.5) is 0 Å². The monoisotopic (exact) mass is 284 g/mol. The van der Waals surface area contributed by atoms with Gasteiger partial charge < -0.3 is 24.1 Å². The lowest BCUT2D eigenvalue weighted by Crippen LogP contribution is -2.11. The average molecular weight is 284 g/mol. The second-order valence-corrected chi connectivity index (χ2v) is 4.23. The maximum atomic E-state index is 9.29. The van der Waals surface area contributed by atoms with Crippen molar-refractivity contribution in [1.82, 2.24) is 0 Å². The molecular weight excluding hydrogens is 260 g/mol. The number of benzene rings is 1. The van der Waals surface area contributed by atoms with E-state index in [0.717, 1.165) is 17.7 Å². The molecule has 0 radical (unpaired) electrons. The van der Waals surface area contributed by atoms with Gasteiger partial charge in [0.15, 0.2) is 0 Å². The van der Waals surface area contributed by atoms with Gasteiger partial charge in [0.05, 0.1) is 33.0 Å². The van der Waals surface area contributed by atoms with Crippen LogP contribution in [-0.2, 0) is 16.1 Å². The van der Waals surface area contributed by atoms with E-state index in [2.05, 4.69) is 6.92 Å². The van der Waals surface area contributed by atoms with Gasteiger partial charge in [0.25, 0.3) is 0 Å². The van der Waals surface area contributed by atoms with Crippen LogP contribution < -0.4 is 9.47 Å². The second-order valence-electron chi connectivity index (χ2n) is 4.23. The maximum absolute atomic E-state index is 9.29. The van der Waals surface area contributed by atoms with Crippen LogP contribution in [0.25, 0.3) is 0 Å². The number of hydrogen-bond donors (Lipinski definition) is 1. The Labute approximate surface area is 120 Å². The van der Waals surface area contributed by atoms with Gasteiger partial charge in [-0.2, -0.15) is 0 Å². The first-order valence-corrected chi connectivity index (χ1v) is 6.87. The van der Waals surface area contributed by atoms with Crippen molar-refractivity contribution in [3.8, 4) is 11.5 Å². The lowest BCUT2D eigenvalue weighted by molar-refractivity contribution is 0.0540. The molecule has 5 nitrogen and oxygen atoms in total. The van der Waals surface area contributed by atoms with Crippen LogP contribution >= 0.6 is 0 Å². The Balaban J connectivity index is 2.44. The van der Waals surface area contributed by atoms with Crippen molar-refractivity contribution in [2.45, 2.75) is 20.0 Å². The highest BCUT2D eigenvalue weighted by Gasteiger charge is 2.05. The zero-order chi connectivity index (χ0) is 14.6. The second kappa shape index (κ2) is 10.5. The van der Waals surface area contributed by atoms with Gasteiger partial charge in [-0.3, -0.25) is 0 Å². The molecule has 0 aromatic heterocycles. The van der Waals surface area contributed by atoms with Crippen LogP contribution in [0.5, 0.6) is 11.5 Å². The van der Waals surface area contributed by atoms with Crippen LogP contribution in [0.2, 0.25) is 0 Å². The molecule has 0 aliphatic heterocycles. The first-order valence-electron chi connectivity index (χ1n) is 6.87. The molecule has 1 aromatic rings. The standard InChI is InChI=1S/C15H24O5/c1-3-6-19-14-5-4-13(12-16)15(11-14)20-10-9-18-8-7-17-2/h4-5,11,16H,3,6-10,12H2,1-2H3. The van der Waals surface area contributed by atoms with Gasteiger partial charge in [-0.25, -0.2) is 0 Å². The van der Waals surface area contributed by atoms with E-state index < -0.39 is 0 Å². The molecule has 0 fully saturated rings. The van der Waals surface area contributed by atoms with Gasteiger partial charge in [-0.1, -0.05) is 6.92 Å². The van der Waals surface area contributed by atoms with Gasteiger partial charge in [0, 0.05) is 18.7 Å². The Morgan fingerprint density at radius 2 is 1.80 bits per heavy atom. The lowest BCUT2D eigenvalue weighted by Gasteiger charge is -2.12. The van der Waals surface area contributed by atoms with Crippen LogP contribution in [-0.4, -0.2) is 45.3 Å². The van der Waals surface area contributed by atoms with E-state index in [1.54, 1.807) is 13.2 Å². The molecule has 0 saturated carbocycles. The first-order chi connectivity index (χ1) is 9.81. The minimum absolute atomic E-state index is 0.0616. The van der Waals surface area contributed by atoms with E-state index in [4.69, 9.17) is 18.9 Å². The Hall–Kier alpha value is -1.30. The summed E-state index contributed by atoms with van der Waals surface area (Å²) in [4.78, 5) is 0. The van der Waals surface area contributed by atoms with Crippen molar-refractivity contribution in [3.05, 3.63) is 23.8 Å². The number of aliphatic hydroxyl groups is 1. The molecule has 0 saturated heterocycles. The molecule has 1 rings (SSSR count). The Kier molecular flexibility index (Phi) is 8.78. The summed E-state index contributed by atoms with van der Waals surface area (Å²) >= 11 is 0. The van der Waals surface area contributed by atoms with Gasteiger partial charge >= 0.3 is 0 Å². The van der Waals surface area contributed by atoms with Gasteiger partial charge in [0.1, 0.15) is 18.1 Å². The highest BCUT2D eigenvalue weighted by atomic mass is 16.5. The highest BCUT2D eigenvalue weighted by molar-refractivity contribution is 5.40. The van der Waals surface area contributed by atoms with E-state index in [1.165, 1.54) is 0 Å². The summed E-state index contributed by atoms with van der Waals surface area (Å²) in [5, 5.41) is 9.29. The number of aliphatic hydroxyl groups excluding tert-OH is 1. The van der Waals surface area contributed by atoms with Crippen molar-refractivity contribution < 1.29 is 24.1 Å². The Bertz CT molecular complexity index is 367. The fourth-order valence-electron chi connectivity index (χ4n) is 1.56. The molecule has 114 valence electrons. The quantitative estimate of drug-likeness (QED) is 0.630. The third kappa shape index (κ3) is 6.23. The van der Waals surface area contributed by atoms with Crippen LogP contribution in [0, 0.1) is 0 Å². The molecule has 0 bridgehead atoms. The topological polar surface area (TPSA) is 57.2 Å².